The summed E-state index contributed by atoms with van der Waals surface area (Å²) in [6.45, 7) is 4.60. The molecule has 2 fully saturated rings. The van der Waals surface area contributed by atoms with E-state index in [1.54, 1.807) is 0 Å². The fraction of sp³-hybridized carbons (Fsp3) is 1.00. The Morgan fingerprint density at radius 3 is 1.62 bits per heavy atom. The van der Waals surface area contributed by atoms with E-state index in [-0.39, 0.29) is 12.6 Å². The van der Waals surface area contributed by atoms with Crippen LogP contribution in [-0.4, -0.2) is 52.2 Å². The minimum absolute atomic E-state index is 0.0163. The lowest BCUT2D eigenvalue weighted by molar-refractivity contribution is -0.166. The van der Waals surface area contributed by atoms with E-state index in [9.17, 15) is 0 Å². The molecular formula is C16H30O5. The molecule has 5 nitrogen and oxygen atoms in total. The van der Waals surface area contributed by atoms with E-state index in [1.165, 1.54) is 12.8 Å². The van der Waals surface area contributed by atoms with Crippen molar-refractivity contribution in [3.63, 3.8) is 0 Å². The molecule has 0 N–H and O–H groups in total. The van der Waals surface area contributed by atoms with Crippen LogP contribution in [0.2, 0.25) is 0 Å². The lowest BCUT2D eigenvalue weighted by Crippen LogP contribution is -2.23. The number of hydrogen-bond acceptors (Lipinski definition) is 5. The molecule has 2 saturated heterocycles. The third kappa shape index (κ3) is 8.12. The van der Waals surface area contributed by atoms with E-state index in [0.717, 1.165) is 78.2 Å². The second-order valence-corrected chi connectivity index (χ2v) is 5.65. The number of ether oxygens (including phenoxy) is 5. The van der Waals surface area contributed by atoms with E-state index in [4.69, 9.17) is 23.7 Å². The van der Waals surface area contributed by atoms with Crippen molar-refractivity contribution in [1.29, 1.82) is 0 Å². The van der Waals surface area contributed by atoms with Gasteiger partial charge in [-0.05, 0) is 51.4 Å². The monoisotopic (exact) mass is 302 g/mol. The van der Waals surface area contributed by atoms with Gasteiger partial charge in [0.1, 0.15) is 0 Å². The first-order valence-corrected chi connectivity index (χ1v) is 8.49. The summed E-state index contributed by atoms with van der Waals surface area (Å²) in [7, 11) is 0. The molecule has 5 heteroatoms. The second kappa shape index (κ2) is 11.4. The summed E-state index contributed by atoms with van der Waals surface area (Å²) >= 11 is 0. The van der Waals surface area contributed by atoms with Crippen molar-refractivity contribution in [1.82, 2.24) is 0 Å². The minimum Gasteiger partial charge on any atom is -0.381 e. The Morgan fingerprint density at radius 1 is 0.667 bits per heavy atom. The summed E-state index contributed by atoms with van der Waals surface area (Å²) < 4.78 is 27.9. The molecule has 0 radical (unpaired) electrons. The Hall–Kier alpha value is -0.200. The molecule has 0 saturated carbocycles. The maximum atomic E-state index is 5.65. The van der Waals surface area contributed by atoms with Crippen LogP contribution in [0.5, 0.6) is 0 Å². The van der Waals surface area contributed by atoms with Crippen LogP contribution in [-0.2, 0) is 23.7 Å². The van der Waals surface area contributed by atoms with E-state index in [1.807, 2.05) is 0 Å². The lowest BCUT2D eigenvalue weighted by atomic mass is 10.2. The largest absolute Gasteiger partial charge is 0.381 e. The molecule has 2 unspecified atom stereocenters. The van der Waals surface area contributed by atoms with Gasteiger partial charge >= 0.3 is 0 Å². The van der Waals surface area contributed by atoms with Gasteiger partial charge in [0.25, 0.3) is 0 Å². The average Bonchev–Trinajstić information content (AvgIpc) is 2.55. The fourth-order valence-electron chi connectivity index (χ4n) is 2.54. The predicted octanol–water partition coefficient (Wildman–Crippen LogP) is 2.87. The maximum Gasteiger partial charge on any atom is 0.157 e. The highest BCUT2D eigenvalue weighted by Crippen LogP contribution is 2.14. The molecular weight excluding hydrogens is 272 g/mol. The third-order valence-corrected chi connectivity index (χ3v) is 3.75. The average molecular weight is 302 g/mol. The fourth-order valence-corrected chi connectivity index (χ4v) is 2.54. The first-order valence-electron chi connectivity index (χ1n) is 8.49. The SMILES string of the molecule is C1CCC(OCCCOCCCOC2CCCCO2)OC1. The summed E-state index contributed by atoms with van der Waals surface area (Å²) in [5, 5.41) is 0. The Kier molecular flexibility index (Phi) is 9.30. The van der Waals surface area contributed by atoms with Crippen LogP contribution in [0.4, 0.5) is 0 Å². The number of hydrogen-bond donors (Lipinski definition) is 0. The summed E-state index contributed by atoms with van der Waals surface area (Å²) in [5.41, 5.74) is 0. The molecule has 0 bridgehead atoms. The van der Waals surface area contributed by atoms with Gasteiger partial charge in [0.05, 0.1) is 13.2 Å². The highest BCUT2D eigenvalue weighted by Gasteiger charge is 2.14. The van der Waals surface area contributed by atoms with Crippen LogP contribution in [0.25, 0.3) is 0 Å². The molecule has 2 heterocycles. The topological polar surface area (TPSA) is 46.2 Å². The molecule has 0 aromatic rings. The van der Waals surface area contributed by atoms with Gasteiger partial charge in [-0.15, -0.1) is 0 Å². The zero-order valence-corrected chi connectivity index (χ0v) is 13.1. The number of rotatable bonds is 10. The van der Waals surface area contributed by atoms with Crippen molar-refractivity contribution in [2.24, 2.45) is 0 Å². The second-order valence-electron chi connectivity index (χ2n) is 5.65. The van der Waals surface area contributed by atoms with Gasteiger partial charge in [0.15, 0.2) is 12.6 Å². The highest BCUT2D eigenvalue weighted by atomic mass is 16.7. The van der Waals surface area contributed by atoms with Gasteiger partial charge in [0.2, 0.25) is 0 Å². The van der Waals surface area contributed by atoms with E-state index in [2.05, 4.69) is 0 Å². The Balaban J connectivity index is 1.30. The van der Waals surface area contributed by atoms with Gasteiger partial charge < -0.3 is 23.7 Å². The molecule has 2 atom stereocenters. The molecule has 0 aliphatic carbocycles. The van der Waals surface area contributed by atoms with Crippen LogP contribution >= 0.6 is 0 Å². The van der Waals surface area contributed by atoms with Gasteiger partial charge in [-0.3, -0.25) is 0 Å². The summed E-state index contributed by atoms with van der Waals surface area (Å²) in [6, 6.07) is 0. The van der Waals surface area contributed by atoms with Crippen molar-refractivity contribution in [3.8, 4) is 0 Å². The maximum absolute atomic E-state index is 5.65. The summed E-state index contributed by atoms with van der Waals surface area (Å²) in [5.74, 6) is 0. The van der Waals surface area contributed by atoms with Gasteiger partial charge in [-0.2, -0.15) is 0 Å². The van der Waals surface area contributed by atoms with Crippen molar-refractivity contribution in [2.45, 2.75) is 63.9 Å². The van der Waals surface area contributed by atoms with E-state index >= 15 is 0 Å². The first kappa shape index (κ1) is 17.2. The zero-order chi connectivity index (χ0) is 14.6. The van der Waals surface area contributed by atoms with Crippen LogP contribution in [0.1, 0.15) is 51.4 Å². The molecule has 2 aliphatic rings. The molecule has 0 spiro atoms. The first-order chi connectivity index (χ1) is 10.4. The standard InChI is InChI=1S/C16H30O5/c1-3-11-18-15(7-1)20-13-5-9-17-10-6-14-21-16-8-2-4-12-19-16/h15-16H,1-14H2. The van der Waals surface area contributed by atoms with Crippen molar-refractivity contribution in [3.05, 3.63) is 0 Å². The van der Waals surface area contributed by atoms with Crippen molar-refractivity contribution < 1.29 is 23.7 Å². The molecule has 0 aromatic heterocycles. The van der Waals surface area contributed by atoms with Crippen molar-refractivity contribution in [2.75, 3.05) is 39.6 Å². The van der Waals surface area contributed by atoms with Crippen LogP contribution in [0.3, 0.4) is 0 Å². The predicted molar refractivity (Wildman–Crippen MR) is 79.1 cm³/mol. The molecule has 124 valence electrons. The summed E-state index contributed by atoms with van der Waals surface area (Å²) in [6.07, 6.45) is 8.69. The van der Waals surface area contributed by atoms with Crippen LogP contribution in [0, 0.1) is 0 Å². The quantitative estimate of drug-likeness (QED) is 0.581. The van der Waals surface area contributed by atoms with Gasteiger partial charge in [0, 0.05) is 26.4 Å². The van der Waals surface area contributed by atoms with Crippen molar-refractivity contribution >= 4 is 0 Å². The zero-order valence-electron chi connectivity index (χ0n) is 13.1. The van der Waals surface area contributed by atoms with Crippen LogP contribution in [0.15, 0.2) is 0 Å². The summed E-state index contributed by atoms with van der Waals surface area (Å²) in [4.78, 5) is 0. The minimum atomic E-state index is 0.0163. The highest BCUT2D eigenvalue weighted by molar-refractivity contribution is 4.55. The van der Waals surface area contributed by atoms with Crippen LogP contribution < -0.4 is 0 Å². The molecule has 21 heavy (non-hydrogen) atoms. The van der Waals surface area contributed by atoms with Gasteiger partial charge in [-0.1, -0.05) is 0 Å². The third-order valence-electron chi connectivity index (χ3n) is 3.75. The molecule has 0 aromatic carbocycles. The van der Waals surface area contributed by atoms with E-state index < -0.39 is 0 Å². The molecule has 2 rings (SSSR count). The Bertz CT molecular complexity index is 213. The lowest BCUT2D eigenvalue weighted by Gasteiger charge is -2.22. The van der Waals surface area contributed by atoms with E-state index in [0.29, 0.717) is 0 Å². The Morgan fingerprint density at radius 2 is 1.19 bits per heavy atom. The van der Waals surface area contributed by atoms with Gasteiger partial charge in [-0.25, -0.2) is 0 Å². The molecule has 2 aliphatic heterocycles. The Labute approximate surface area is 128 Å². The normalized spacial score (nSPS) is 26.9. The molecule has 0 amide bonds. The smallest absolute Gasteiger partial charge is 0.157 e.